The molecule has 4 aromatic rings. The second kappa shape index (κ2) is 10.4. The number of hydrogen-bond acceptors (Lipinski definition) is 3. The number of hydrogen-bond donors (Lipinski definition) is 1. The number of fused-ring (bicyclic) bond motifs is 3. The van der Waals surface area contributed by atoms with Crippen LogP contribution < -0.4 is 5.32 Å². The molecular formula is C27H22Cl2F2N4O. The fourth-order valence-electron chi connectivity index (χ4n) is 4.54. The Kier molecular flexibility index (Phi) is 7.05. The zero-order chi connectivity index (χ0) is 25.2. The van der Waals surface area contributed by atoms with Crippen molar-refractivity contribution in [1.29, 1.82) is 0 Å². The molecule has 2 aromatic heterocycles. The Balaban J connectivity index is 1.36. The first-order chi connectivity index (χ1) is 17.4. The number of benzene rings is 2. The van der Waals surface area contributed by atoms with Crippen molar-refractivity contribution in [1.82, 2.24) is 19.8 Å². The first-order valence-electron chi connectivity index (χ1n) is 11.4. The molecule has 2 aromatic carbocycles. The van der Waals surface area contributed by atoms with Gasteiger partial charge in [0.25, 0.3) is 0 Å². The number of nitrogens with zero attached hydrogens (tertiary/aromatic N) is 3. The van der Waals surface area contributed by atoms with Gasteiger partial charge in [-0.2, -0.15) is 0 Å². The molecule has 1 amide bonds. The van der Waals surface area contributed by atoms with E-state index in [9.17, 15) is 13.6 Å². The first-order valence-corrected chi connectivity index (χ1v) is 12.2. The van der Waals surface area contributed by atoms with Crippen molar-refractivity contribution in [3.05, 3.63) is 105 Å². The summed E-state index contributed by atoms with van der Waals surface area (Å²) < 4.78 is 28.3. The van der Waals surface area contributed by atoms with Crippen LogP contribution in [0.25, 0.3) is 17.0 Å². The van der Waals surface area contributed by atoms with Crippen molar-refractivity contribution in [2.24, 2.45) is 0 Å². The summed E-state index contributed by atoms with van der Waals surface area (Å²) >= 11 is 12.3. The summed E-state index contributed by atoms with van der Waals surface area (Å²) in [6.07, 6.45) is 5.99. The van der Waals surface area contributed by atoms with E-state index in [4.69, 9.17) is 23.2 Å². The molecule has 9 heteroatoms. The zero-order valence-electron chi connectivity index (χ0n) is 19.1. The van der Waals surface area contributed by atoms with Crippen LogP contribution in [-0.4, -0.2) is 33.6 Å². The van der Waals surface area contributed by atoms with Gasteiger partial charge in [0, 0.05) is 54.9 Å². The van der Waals surface area contributed by atoms with Crippen molar-refractivity contribution >= 4 is 46.2 Å². The molecule has 1 aliphatic heterocycles. The van der Waals surface area contributed by atoms with Crippen LogP contribution in [0, 0.1) is 11.6 Å². The lowest BCUT2D eigenvalue weighted by Gasteiger charge is -2.27. The van der Waals surface area contributed by atoms with E-state index in [1.54, 1.807) is 35.0 Å². The summed E-state index contributed by atoms with van der Waals surface area (Å²) in [6, 6.07) is 12.7. The van der Waals surface area contributed by atoms with Crippen LogP contribution in [0.1, 0.15) is 22.4 Å². The van der Waals surface area contributed by atoms with Gasteiger partial charge >= 0.3 is 6.03 Å². The van der Waals surface area contributed by atoms with Crippen molar-refractivity contribution in [3.8, 4) is 0 Å². The molecule has 0 fully saturated rings. The summed E-state index contributed by atoms with van der Waals surface area (Å²) in [4.78, 5) is 19.5. The highest BCUT2D eigenvalue weighted by atomic mass is 35.5. The maximum atomic E-state index is 13.5. The van der Waals surface area contributed by atoms with E-state index in [-0.39, 0.29) is 6.03 Å². The van der Waals surface area contributed by atoms with Gasteiger partial charge in [-0.3, -0.25) is 9.47 Å². The number of nitrogens with one attached hydrogen (secondary N) is 1. The standard InChI is InChI=1S/C27H22Cl2F2N4O/c28-19-4-5-20-21-16-34(10-1-2-17-3-6-22(30)23(31)12-17)11-8-24(21)35(25(20)14-19)27(36)33-15-18-7-9-32-26(29)13-18/h1-7,9,12-14H,8,10-11,15-16H2,(H,33,36). The maximum absolute atomic E-state index is 13.5. The number of carbonyl (C=O) groups excluding carboxylic acids is 1. The number of pyridine rings is 1. The van der Waals surface area contributed by atoms with E-state index >= 15 is 0 Å². The second-order valence-corrected chi connectivity index (χ2v) is 9.45. The first kappa shape index (κ1) is 24.4. The Morgan fingerprint density at radius 2 is 1.94 bits per heavy atom. The lowest BCUT2D eigenvalue weighted by atomic mass is 10.0. The largest absolute Gasteiger partial charge is 0.333 e. The molecule has 0 spiro atoms. The molecule has 3 heterocycles. The summed E-state index contributed by atoms with van der Waals surface area (Å²) in [6.45, 7) is 2.34. The van der Waals surface area contributed by atoms with Crippen LogP contribution in [0.3, 0.4) is 0 Å². The molecule has 0 saturated heterocycles. The van der Waals surface area contributed by atoms with Gasteiger partial charge in [0.15, 0.2) is 11.6 Å². The molecule has 0 radical (unpaired) electrons. The quantitative estimate of drug-likeness (QED) is 0.304. The fraction of sp³-hybridized carbons (Fsp3) is 0.185. The minimum atomic E-state index is -0.864. The van der Waals surface area contributed by atoms with Gasteiger partial charge in [-0.1, -0.05) is 47.5 Å². The minimum absolute atomic E-state index is 0.233. The molecule has 0 saturated carbocycles. The predicted octanol–water partition coefficient (Wildman–Crippen LogP) is 6.45. The van der Waals surface area contributed by atoms with Crippen LogP contribution in [0.2, 0.25) is 10.2 Å². The number of halogens is 4. The third-order valence-electron chi connectivity index (χ3n) is 6.25. The molecule has 1 aliphatic rings. The minimum Gasteiger partial charge on any atom is -0.333 e. The van der Waals surface area contributed by atoms with Gasteiger partial charge in [0.05, 0.1) is 5.52 Å². The predicted molar refractivity (Wildman–Crippen MR) is 138 cm³/mol. The maximum Gasteiger partial charge on any atom is 0.326 e. The van der Waals surface area contributed by atoms with E-state index in [0.29, 0.717) is 41.8 Å². The molecule has 0 atom stereocenters. The van der Waals surface area contributed by atoms with Crippen LogP contribution >= 0.6 is 23.2 Å². The number of carbonyl (C=O) groups is 1. The fourth-order valence-corrected chi connectivity index (χ4v) is 4.90. The van der Waals surface area contributed by atoms with Crippen LogP contribution in [0.4, 0.5) is 13.6 Å². The highest BCUT2D eigenvalue weighted by Crippen LogP contribution is 2.32. The molecule has 184 valence electrons. The third kappa shape index (κ3) is 5.14. The van der Waals surface area contributed by atoms with E-state index in [2.05, 4.69) is 15.2 Å². The molecule has 0 bridgehead atoms. The molecular weight excluding hydrogens is 505 g/mol. The summed E-state index contributed by atoms with van der Waals surface area (Å²) in [5.41, 5.74) is 4.25. The highest BCUT2D eigenvalue weighted by molar-refractivity contribution is 6.31. The number of rotatable bonds is 5. The Labute approximate surface area is 216 Å². The van der Waals surface area contributed by atoms with E-state index < -0.39 is 11.6 Å². The number of aromatic nitrogens is 2. The van der Waals surface area contributed by atoms with Crippen molar-refractivity contribution < 1.29 is 13.6 Å². The molecule has 0 aliphatic carbocycles. The highest BCUT2D eigenvalue weighted by Gasteiger charge is 2.26. The topological polar surface area (TPSA) is 50.2 Å². The van der Waals surface area contributed by atoms with Crippen LogP contribution in [0.15, 0.2) is 60.8 Å². The van der Waals surface area contributed by atoms with Crippen molar-refractivity contribution in [2.75, 3.05) is 13.1 Å². The van der Waals surface area contributed by atoms with Gasteiger partial charge < -0.3 is 5.32 Å². The van der Waals surface area contributed by atoms with Crippen LogP contribution in [-0.2, 0) is 19.5 Å². The Morgan fingerprint density at radius 3 is 2.75 bits per heavy atom. The average Bonchev–Trinajstić information content (AvgIpc) is 3.17. The number of amides is 1. The van der Waals surface area contributed by atoms with Gasteiger partial charge in [-0.25, -0.2) is 18.6 Å². The van der Waals surface area contributed by atoms with Gasteiger partial charge in [-0.15, -0.1) is 0 Å². The molecule has 1 N–H and O–H groups in total. The van der Waals surface area contributed by atoms with Crippen molar-refractivity contribution in [3.63, 3.8) is 0 Å². The average molecular weight is 527 g/mol. The van der Waals surface area contributed by atoms with Crippen LogP contribution in [0.5, 0.6) is 0 Å². The SMILES string of the molecule is O=C(NCc1ccnc(Cl)c1)n1c2c(c3ccc(Cl)cc31)CN(CC=Cc1ccc(F)c(F)c1)CC2. The van der Waals surface area contributed by atoms with E-state index in [1.165, 1.54) is 6.07 Å². The van der Waals surface area contributed by atoms with Crippen molar-refractivity contribution in [2.45, 2.75) is 19.5 Å². The summed E-state index contributed by atoms with van der Waals surface area (Å²) in [5, 5.41) is 4.88. The van der Waals surface area contributed by atoms with E-state index in [0.717, 1.165) is 40.3 Å². The molecule has 5 rings (SSSR count). The lowest BCUT2D eigenvalue weighted by Crippen LogP contribution is -2.34. The van der Waals surface area contributed by atoms with Gasteiger partial charge in [0.1, 0.15) is 5.15 Å². The molecule has 36 heavy (non-hydrogen) atoms. The monoisotopic (exact) mass is 526 g/mol. The summed E-state index contributed by atoms with van der Waals surface area (Å²) in [7, 11) is 0. The molecule has 5 nitrogen and oxygen atoms in total. The lowest BCUT2D eigenvalue weighted by molar-refractivity contribution is 0.240. The van der Waals surface area contributed by atoms with E-state index in [1.807, 2.05) is 24.3 Å². The Bertz CT molecular complexity index is 1480. The smallest absolute Gasteiger partial charge is 0.326 e. The Hall–Kier alpha value is -3.26. The summed E-state index contributed by atoms with van der Waals surface area (Å²) in [5.74, 6) is -1.72. The second-order valence-electron chi connectivity index (χ2n) is 8.63. The Morgan fingerprint density at radius 1 is 1.08 bits per heavy atom. The van der Waals surface area contributed by atoms with Gasteiger partial charge in [-0.05, 0) is 53.1 Å². The zero-order valence-corrected chi connectivity index (χ0v) is 20.7. The molecule has 0 unspecified atom stereocenters. The third-order valence-corrected chi connectivity index (χ3v) is 6.69. The van der Waals surface area contributed by atoms with Gasteiger partial charge in [0.2, 0.25) is 0 Å². The normalized spacial score (nSPS) is 13.9.